The van der Waals surface area contributed by atoms with Crippen LogP contribution in [0.2, 0.25) is 0 Å². The van der Waals surface area contributed by atoms with Crippen LogP contribution < -0.4 is 10.6 Å². The van der Waals surface area contributed by atoms with E-state index < -0.39 is 0 Å². The first-order chi connectivity index (χ1) is 9.13. The number of nitrogens with one attached hydrogen (secondary N) is 2. The molecule has 0 fully saturated rings. The molecule has 2 N–H and O–H groups in total. The Kier molecular flexibility index (Phi) is 3.94. The summed E-state index contributed by atoms with van der Waals surface area (Å²) < 4.78 is 1.83. The van der Waals surface area contributed by atoms with Crippen molar-refractivity contribution in [2.75, 3.05) is 11.9 Å². The van der Waals surface area contributed by atoms with Gasteiger partial charge in [0.2, 0.25) is 11.6 Å². The third kappa shape index (κ3) is 2.81. The van der Waals surface area contributed by atoms with Crippen LogP contribution in [-0.2, 0) is 4.79 Å². The third-order valence-electron chi connectivity index (χ3n) is 2.79. The molecule has 19 heavy (non-hydrogen) atoms. The molecule has 0 saturated heterocycles. The summed E-state index contributed by atoms with van der Waals surface area (Å²) in [6.07, 6.45) is 4.36. The predicted molar refractivity (Wildman–Crippen MR) is 71.9 cm³/mol. The van der Waals surface area contributed by atoms with Crippen LogP contribution in [-0.4, -0.2) is 38.1 Å². The summed E-state index contributed by atoms with van der Waals surface area (Å²) in [5, 5.41) is 13.9. The van der Waals surface area contributed by atoms with Gasteiger partial charge < -0.3 is 10.6 Å². The average molecular weight is 262 g/mol. The summed E-state index contributed by atoms with van der Waals surface area (Å²) in [6, 6.07) is -0.373. The van der Waals surface area contributed by atoms with Crippen LogP contribution in [0.25, 0.3) is 5.65 Å². The van der Waals surface area contributed by atoms with Gasteiger partial charge in [-0.2, -0.15) is 0 Å². The molecule has 2 rings (SSSR count). The zero-order valence-corrected chi connectivity index (χ0v) is 11.3. The van der Waals surface area contributed by atoms with E-state index in [4.69, 9.17) is 0 Å². The first kappa shape index (κ1) is 13.3. The van der Waals surface area contributed by atoms with Crippen LogP contribution >= 0.6 is 0 Å². The van der Waals surface area contributed by atoms with Gasteiger partial charge in [-0.25, -0.2) is 4.98 Å². The molecule has 0 spiro atoms. The second-order valence-electron chi connectivity index (χ2n) is 4.37. The minimum Gasteiger partial charge on any atom is -0.355 e. The van der Waals surface area contributed by atoms with E-state index in [0.29, 0.717) is 18.0 Å². The lowest BCUT2D eigenvalue weighted by Gasteiger charge is -2.14. The second kappa shape index (κ2) is 5.64. The third-order valence-corrected chi connectivity index (χ3v) is 2.79. The van der Waals surface area contributed by atoms with Gasteiger partial charge in [0.1, 0.15) is 11.9 Å². The quantitative estimate of drug-likeness (QED) is 0.831. The van der Waals surface area contributed by atoms with Crippen molar-refractivity contribution in [3.8, 4) is 0 Å². The summed E-state index contributed by atoms with van der Waals surface area (Å²) in [5.41, 5.74) is 0.621. The molecule has 102 valence electrons. The van der Waals surface area contributed by atoms with Crippen molar-refractivity contribution in [1.29, 1.82) is 0 Å². The molecule has 1 unspecified atom stereocenters. The molecule has 2 heterocycles. The largest absolute Gasteiger partial charge is 0.355 e. The highest BCUT2D eigenvalue weighted by atomic mass is 16.2. The maximum absolute atomic E-state index is 11.8. The highest BCUT2D eigenvalue weighted by Crippen LogP contribution is 2.12. The van der Waals surface area contributed by atoms with Crippen molar-refractivity contribution in [3.63, 3.8) is 0 Å². The van der Waals surface area contributed by atoms with Crippen LogP contribution in [0.4, 0.5) is 5.82 Å². The monoisotopic (exact) mass is 262 g/mol. The van der Waals surface area contributed by atoms with Gasteiger partial charge in [-0.3, -0.25) is 9.20 Å². The molecule has 0 aromatic carbocycles. The van der Waals surface area contributed by atoms with Gasteiger partial charge in [0.25, 0.3) is 0 Å². The van der Waals surface area contributed by atoms with Gasteiger partial charge in [-0.05, 0) is 20.3 Å². The summed E-state index contributed by atoms with van der Waals surface area (Å²) >= 11 is 0. The summed E-state index contributed by atoms with van der Waals surface area (Å²) in [4.78, 5) is 16.0. The Labute approximate surface area is 111 Å². The van der Waals surface area contributed by atoms with Crippen LogP contribution in [0.1, 0.15) is 26.1 Å². The highest BCUT2D eigenvalue weighted by molar-refractivity contribution is 5.84. The number of hydrogen-bond donors (Lipinski definition) is 2. The van der Waals surface area contributed by atoms with E-state index in [9.17, 15) is 4.79 Å². The van der Waals surface area contributed by atoms with Gasteiger partial charge in [0.15, 0.2) is 5.82 Å². The Morgan fingerprint density at radius 1 is 1.47 bits per heavy atom. The fourth-order valence-corrected chi connectivity index (χ4v) is 1.72. The SMILES string of the molecule is CCCNC(=O)C(C)Nc1nccn2c(C)nnc12. The lowest BCUT2D eigenvalue weighted by molar-refractivity contribution is -0.121. The number of fused-ring (bicyclic) bond motifs is 1. The zero-order chi connectivity index (χ0) is 13.8. The number of hydrogen-bond acceptors (Lipinski definition) is 5. The van der Waals surface area contributed by atoms with Gasteiger partial charge >= 0.3 is 0 Å². The van der Waals surface area contributed by atoms with Gasteiger partial charge in [-0.1, -0.05) is 6.92 Å². The molecule has 1 atom stereocenters. The van der Waals surface area contributed by atoms with E-state index in [0.717, 1.165) is 12.2 Å². The number of aryl methyl sites for hydroxylation is 1. The first-order valence-electron chi connectivity index (χ1n) is 6.34. The van der Waals surface area contributed by atoms with E-state index in [2.05, 4.69) is 25.8 Å². The van der Waals surface area contributed by atoms with Crippen molar-refractivity contribution in [2.24, 2.45) is 0 Å². The molecule has 0 aliphatic rings. The lowest BCUT2D eigenvalue weighted by atomic mass is 10.3. The van der Waals surface area contributed by atoms with E-state index >= 15 is 0 Å². The van der Waals surface area contributed by atoms with E-state index in [1.807, 2.05) is 18.2 Å². The van der Waals surface area contributed by atoms with Crippen LogP contribution in [0.3, 0.4) is 0 Å². The Balaban J connectivity index is 2.15. The molecule has 0 bridgehead atoms. The second-order valence-corrected chi connectivity index (χ2v) is 4.37. The van der Waals surface area contributed by atoms with Gasteiger partial charge in [-0.15, -0.1) is 10.2 Å². The fraction of sp³-hybridized carbons (Fsp3) is 0.500. The smallest absolute Gasteiger partial charge is 0.242 e. The minimum atomic E-state index is -0.373. The molecule has 2 aromatic rings. The van der Waals surface area contributed by atoms with Crippen molar-refractivity contribution in [1.82, 2.24) is 24.9 Å². The van der Waals surface area contributed by atoms with E-state index in [1.54, 1.807) is 19.3 Å². The maximum Gasteiger partial charge on any atom is 0.242 e. The maximum atomic E-state index is 11.8. The number of carbonyl (C=O) groups is 1. The summed E-state index contributed by atoms with van der Waals surface area (Å²) in [6.45, 7) is 6.34. The van der Waals surface area contributed by atoms with E-state index in [1.165, 1.54) is 0 Å². The van der Waals surface area contributed by atoms with Crippen LogP contribution in [0.15, 0.2) is 12.4 Å². The topological polar surface area (TPSA) is 84.2 Å². The molecule has 7 heteroatoms. The highest BCUT2D eigenvalue weighted by Gasteiger charge is 2.15. The fourth-order valence-electron chi connectivity index (χ4n) is 1.72. The molecule has 0 radical (unpaired) electrons. The Morgan fingerprint density at radius 2 is 2.26 bits per heavy atom. The number of carbonyl (C=O) groups excluding carboxylic acids is 1. The first-order valence-corrected chi connectivity index (χ1v) is 6.34. The minimum absolute atomic E-state index is 0.0538. The molecule has 7 nitrogen and oxygen atoms in total. The Bertz CT molecular complexity index is 579. The van der Waals surface area contributed by atoms with Gasteiger partial charge in [0, 0.05) is 18.9 Å². The van der Waals surface area contributed by atoms with Crippen LogP contribution in [0, 0.1) is 6.92 Å². The van der Waals surface area contributed by atoms with Crippen LogP contribution in [0.5, 0.6) is 0 Å². The summed E-state index contributed by atoms with van der Waals surface area (Å²) in [7, 11) is 0. The van der Waals surface area contributed by atoms with Crippen molar-refractivity contribution < 1.29 is 4.79 Å². The standard InChI is InChI=1S/C12H18N6O/c1-4-5-14-12(19)8(2)15-10-11-17-16-9(3)18(11)7-6-13-10/h6-8H,4-5H2,1-3H3,(H,13,15)(H,14,19). The van der Waals surface area contributed by atoms with E-state index in [-0.39, 0.29) is 11.9 Å². The summed E-state index contributed by atoms with van der Waals surface area (Å²) in [5.74, 6) is 1.28. The predicted octanol–water partition coefficient (Wildman–Crippen LogP) is 0.759. The molecular formula is C12H18N6O. The molecule has 0 saturated carbocycles. The number of nitrogens with zero attached hydrogens (tertiary/aromatic N) is 4. The normalized spacial score (nSPS) is 12.4. The van der Waals surface area contributed by atoms with Gasteiger partial charge in [0.05, 0.1) is 0 Å². The zero-order valence-electron chi connectivity index (χ0n) is 11.3. The molecule has 2 aromatic heterocycles. The van der Waals surface area contributed by atoms with Crippen molar-refractivity contribution >= 4 is 17.4 Å². The Hall–Kier alpha value is -2.18. The average Bonchev–Trinajstić information content (AvgIpc) is 2.79. The van der Waals surface area contributed by atoms with Crippen molar-refractivity contribution in [2.45, 2.75) is 33.2 Å². The Morgan fingerprint density at radius 3 is 3.00 bits per heavy atom. The number of aromatic nitrogens is 4. The number of anilines is 1. The van der Waals surface area contributed by atoms with Crippen molar-refractivity contribution in [3.05, 3.63) is 18.2 Å². The molecular weight excluding hydrogens is 244 g/mol. The number of amides is 1. The molecule has 0 aliphatic heterocycles. The molecule has 0 aliphatic carbocycles. The molecule has 1 amide bonds. The number of rotatable bonds is 5. The lowest BCUT2D eigenvalue weighted by Crippen LogP contribution is -2.38.